The molecule has 0 fully saturated rings. The van der Waals surface area contributed by atoms with Crippen molar-refractivity contribution in [3.63, 3.8) is 0 Å². The summed E-state index contributed by atoms with van der Waals surface area (Å²) in [6.45, 7) is 2.64. The SMILES string of the molecule is Cc1cc(CN(C)C(=O)[C@H]2COc3ccc(Cl)cc3C2)no1. The Morgan fingerprint density at radius 3 is 3.00 bits per heavy atom. The van der Waals surface area contributed by atoms with Crippen LogP contribution in [0.4, 0.5) is 0 Å². The van der Waals surface area contributed by atoms with Gasteiger partial charge in [-0.15, -0.1) is 0 Å². The molecule has 1 aliphatic heterocycles. The molecule has 0 saturated heterocycles. The molecule has 1 aromatic carbocycles. The van der Waals surface area contributed by atoms with E-state index in [0.29, 0.717) is 24.6 Å². The maximum atomic E-state index is 12.6. The predicted molar refractivity (Wildman–Crippen MR) is 81.9 cm³/mol. The van der Waals surface area contributed by atoms with Gasteiger partial charge in [-0.2, -0.15) is 0 Å². The molecule has 22 heavy (non-hydrogen) atoms. The van der Waals surface area contributed by atoms with Gasteiger partial charge in [0, 0.05) is 18.1 Å². The Morgan fingerprint density at radius 2 is 2.27 bits per heavy atom. The van der Waals surface area contributed by atoms with Gasteiger partial charge in [0.2, 0.25) is 5.91 Å². The third kappa shape index (κ3) is 3.09. The molecule has 0 saturated carbocycles. The first kappa shape index (κ1) is 14.9. The number of hydrogen-bond acceptors (Lipinski definition) is 4. The standard InChI is InChI=1S/C16H17ClN2O3/c1-10-5-14(18-22-10)8-19(2)16(20)12-6-11-7-13(17)3-4-15(11)21-9-12/h3-5,7,12H,6,8-9H2,1-2H3/t12-/m1/s1. The topological polar surface area (TPSA) is 55.6 Å². The number of ether oxygens (including phenoxy) is 1. The van der Waals surface area contributed by atoms with Crippen molar-refractivity contribution in [1.82, 2.24) is 10.1 Å². The summed E-state index contributed by atoms with van der Waals surface area (Å²) in [6, 6.07) is 7.33. The Hall–Kier alpha value is -2.01. The summed E-state index contributed by atoms with van der Waals surface area (Å²) in [6.07, 6.45) is 0.636. The van der Waals surface area contributed by atoms with Gasteiger partial charge in [-0.1, -0.05) is 16.8 Å². The van der Waals surface area contributed by atoms with Gasteiger partial charge in [0.1, 0.15) is 23.8 Å². The van der Waals surface area contributed by atoms with E-state index in [0.717, 1.165) is 22.8 Å². The maximum absolute atomic E-state index is 12.6. The van der Waals surface area contributed by atoms with Crippen LogP contribution in [0.3, 0.4) is 0 Å². The molecule has 6 heteroatoms. The molecule has 0 aliphatic carbocycles. The first-order valence-corrected chi connectivity index (χ1v) is 7.49. The van der Waals surface area contributed by atoms with Gasteiger partial charge < -0.3 is 14.2 Å². The zero-order valence-electron chi connectivity index (χ0n) is 12.5. The number of aromatic nitrogens is 1. The number of fused-ring (bicyclic) bond motifs is 1. The second kappa shape index (κ2) is 6.01. The van der Waals surface area contributed by atoms with Crippen molar-refractivity contribution in [2.75, 3.05) is 13.7 Å². The lowest BCUT2D eigenvalue weighted by molar-refractivity contribution is -0.136. The van der Waals surface area contributed by atoms with Gasteiger partial charge in [0.25, 0.3) is 0 Å². The zero-order valence-corrected chi connectivity index (χ0v) is 13.3. The largest absolute Gasteiger partial charge is 0.492 e. The molecule has 5 nitrogen and oxygen atoms in total. The van der Waals surface area contributed by atoms with Gasteiger partial charge in [0.05, 0.1) is 12.5 Å². The fraction of sp³-hybridized carbons (Fsp3) is 0.375. The van der Waals surface area contributed by atoms with Gasteiger partial charge in [0.15, 0.2) is 0 Å². The maximum Gasteiger partial charge on any atom is 0.229 e. The highest BCUT2D eigenvalue weighted by molar-refractivity contribution is 6.30. The lowest BCUT2D eigenvalue weighted by atomic mass is 9.95. The first-order chi connectivity index (χ1) is 10.5. The molecule has 3 rings (SSSR count). The van der Waals surface area contributed by atoms with Crippen LogP contribution in [0, 0.1) is 12.8 Å². The number of rotatable bonds is 3. The average molecular weight is 321 g/mol. The summed E-state index contributed by atoms with van der Waals surface area (Å²) >= 11 is 6.01. The van der Waals surface area contributed by atoms with Crippen LogP contribution in [-0.2, 0) is 17.8 Å². The van der Waals surface area contributed by atoms with Gasteiger partial charge >= 0.3 is 0 Å². The zero-order chi connectivity index (χ0) is 15.7. The molecule has 0 radical (unpaired) electrons. The number of nitrogens with zero attached hydrogens (tertiary/aromatic N) is 2. The fourth-order valence-electron chi connectivity index (χ4n) is 2.65. The van der Waals surface area contributed by atoms with Crippen LogP contribution in [0.5, 0.6) is 5.75 Å². The second-order valence-corrected chi connectivity index (χ2v) is 6.02. The Morgan fingerprint density at radius 1 is 1.45 bits per heavy atom. The summed E-state index contributed by atoms with van der Waals surface area (Å²) in [5.41, 5.74) is 1.72. The number of halogens is 1. The third-order valence-corrected chi connectivity index (χ3v) is 3.97. The number of aryl methyl sites for hydroxylation is 1. The second-order valence-electron chi connectivity index (χ2n) is 5.59. The number of carbonyl (C=O) groups excluding carboxylic acids is 1. The lowest BCUT2D eigenvalue weighted by Gasteiger charge is -2.28. The minimum Gasteiger partial charge on any atom is -0.492 e. The van der Waals surface area contributed by atoms with E-state index in [1.807, 2.05) is 25.1 Å². The highest BCUT2D eigenvalue weighted by Crippen LogP contribution is 2.30. The van der Waals surface area contributed by atoms with E-state index in [1.54, 1.807) is 18.0 Å². The normalized spacial score (nSPS) is 16.8. The fourth-order valence-corrected chi connectivity index (χ4v) is 2.84. The van der Waals surface area contributed by atoms with E-state index >= 15 is 0 Å². The third-order valence-electron chi connectivity index (χ3n) is 3.73. The number of carbonyl (C=O) groups is 1. The summed E-state index contributed by atoms with van der Waals surface area (Å²) in [4.78, 5) is 14.2. The van der Waals surface area contributed by atoms with Crippen molar-refractivity contribution < 1.29 is 14.1 Å². The molecule has 2 aromatic rings. The molecule has 1 atom stereocenters. The van der Waals surface area contributed by atoms with Crippen LogP contribution in [-0.4, -0.2) is 29.6 Å². The summed E-state index contributed by atoms with van der Waals surface area (Å²) in [7, 11) is 1.76. The molecule has 0 N–H and O–H groups in total. The minimum absolute atomic E-state index is 0.0336. The van der Waals surface area contributed by atoms with Crippen molar-refractivity contribution in [3.05, 3.63) is 46.3 Å². The number of amides is 1. The smallest absolute Gasteiger partial charge is 0.229 e. The van der Waals surface area contributed by atoms with Crippen molar-refractivity contribution in [3.8, 4) is 5.75 Å². The van der Waals surface area contributed by atoms with Gasteiger partial charge in [-0.3, -0.25) is 4.79 Å². The van der Waals surface area contributed by atoms with Crippen LogP contribution in [0.25, 0.3) is 0 Å². The van der Waals surface area contributed by atoms with Crippen LogP contribution >= 0.6 is 11.6 Å². The molecule has 0 spiro atoms. The highest BCUT2D eigenvalue weighted by atomic mass is 35.5. The molecule has 116 valence electrons. The lowest BCUT2D eigenvalue weighted by Crippen LogP contribution is -2.38. The van der Waals surface area contributed by atoms with E-state index in [2.05, 4.69) is 5.16 Å². The van der Waals surface area contributed by atoms with Crippen molar-refractivity contribution >= 4 is 17.5 Å². The minimum atomic E-state index is -0.205. The molecule has 1 aromatic heterocycles. The summed E-state index contributed by atoms with van der Waals surface area (Å²) in [5, 5.41) is 4.57. The molecular weight excluding hydrogens is 304 g/mol. The number of hydrogen-bond donors (Lipinski definition) is 0. The van der Waals surface area contributed by atoms with Gasteiger partial charge in [-0.25, -0.2) is 0 Å². The molecule has 1 amide bonds. The van der Waals surface area contributed by atoms with Gasteiger partial charge in [-0.05, 0) is 37.1 Å². The Labute approximate surface area is 133 Å². The van der Waals surface area contributed by atoms with Crippen molar-refractivity contribution in [2.24, 2.45) is 5.92 Å². The molecular formula is C16H17ClN2O3. The van der Waals surface area contributed by atoms with E-state index < -0.39 is 0 Å². The van der Waals surface area contributed by atoms with Crippen LogP contribution < -0.4 is 4.74 Å². The highest BCUT2D eigenvalue weighted by Gasteiger charge is 2.28. The molecule has 0 bridgehead atoms. The Bertz CT molecular complexity index is 698. The molecule has 2 heterocycles. The number of benzene rings is 1. The predicted octanol–water partition coefficient (Wildman–Crippen LogP) is 2.85. The Balaban J connectivity index is 1.68. The van der Waals surface area contributed by atoms with E-state index in [9.17, 15) is 4.79 Å². The average Bonchev–Trinajstić information content (AvgIpc) is 2.90. The quantitative estimate of drug-likeness (QED) is 0.872. The van der Waals surface area contributed by atoms with E-state index in [1.165, 1.54) is 0 Å². The molecule has 0 unspecified atom stereocenters. The van der Waals surface area contributed by atoms with Crippen molar-refractivity contribution in [1.29, 1.82) is 0 Å². The Kier molecular flexibility index (Phi) is 4.07. The summed E-state index contributed by atoms with van der Waals surface area (Å²) < 4.78 is 10.7. The van der Waals surface area contributed by atoms with Crippen molar-refractivity contribution in [2.45, 2.75) is 19.9 Å². The first-order valence-electron chi connectivity index (χ1n) is 7.11. The van der Waals surface area contributed by atoms with Crippen LogP contribution in [0.2, 0.25) is 5.02 Å². The van der Waals surface area contributed by atoms with E-state index in [-0.39, 0.29) is 11.8 Å². The molecule has 1 aliphatic rings. The monoisotopic (exact) mass is 320 g/mol. The summed E-state index contributed by atoms with van der Waals surface area (Å²) in [5.74, 6) is 1.37. The van der Waals surface area contributed by atoms with E-state index in [4.69, 9.17) is 20.9 Å². The van der Waals surface area contributed by atoms with Crippen LogP contribution in [0.15, 0.2) is 28.8 Å². The van der Waals surface area contributed by atoms with Crippen LogP contribution in [0.1, 0.15) is 17.0 Å².